The van der Waals surface area contributed by atoms with Crippen LogP contribution in [-0.2, 0) is 16.6 Å². The van der Waals surface area contributed by atoms with Gasteiger partial charge in [-0.1, -0.05) is 11.6 Å². The monoisotopic (exact) mass is 368 g/mol. The Balaban J connectivity index is 2.23. The maximum absolute atomic E-state index is 12.3. The minimum atomic E-state index is -3.65. The molecule has 1 aromatic carbocycles. The Kier molecular flexibility index (Phi) is 5.53. The van der Waals surface area contributed by atoms with Gasteiger partial charge in [0.15, 0.2) is 0 Å². The molecule has 0 aliphatic heterocycles. The summed E-state index contributed by atoms with van der Waals surface area (Å²) in [5.41, 5.74) is 0.731. The molecule has 0 aliphatic rings. The number of sulfonamides is 1. The van der Waals surface area contributed by atoms with Crippen molar-refractivity contribution in [3.05, 3.63) is 52.6 Å². The summed E-state index contributed by atoms with van der Waals surface area (Å²) < 4.78 is 25.4. The number of rotatable bonds is 5. The first kappa shape index (κ1) is 18.3. The molecule has 1 aromatic heterocycles. The minimum Gasteiger partial charge on any atom is -0.346 e. The average molecular weight is 369 g/mol. The summed E-state index contributed by atoms with van der Waals surface area (Å²) in [7, 11) is -0.813. The van der Waals surface area contributed by atoms with Gasteiger partial charge >= 0.3 is 0 Å². The molecule has 0 spiro atoms. The maximum atomic E-state index is 12.3. The number of halogens is 1. The number of nitrogens with one attached hydrogen (secondary N) is 1. The van der Waals surface area contributed by atoms with Crippen LogP contribution in [0.2, 0.25) is 5.02 Å². The number of nitrogens with zero attached hydrogens (tertiary/aromatic N) is 3. The summed E-state index contributed by atoms with van der Waals surface area (Å²) >= 11 is 6.03. The van der Waals surface area contributed by atoms with E-state index >= 15 is 0 Å². The first-order chi connectivity index (χ1) is 11.2. The van der Waals surface area contributed by atoms with E-state index in [2.05, 4.69) is 15.3 Å². The third-order valence-corrected chi connectivity index (χ3v) is 5.37. The Morgan fingerprint density at radius 3 is 2.62 bits per heavy atom. The van der Waals surface area contributed by atoms with Crippen molar-refractivity contribution in [1.82, 2.24) is 19.6 Å². The van der Waals surface area contributed by atoms with E-state index in [4.69, 9.17) is 11.6 Å². The van der Waals surface area contributed by atoms with E-state index in [-0.39, 0.29) is 22.0 Å². The van der Waals surface area contributed by atoms with Crippen LogP contribution in [0.4, 0.5) is 0 Å². The van der Waals surface area contributed by atoms with Crippen molar-refractivity contribution >= 4 is 27.5 Å². The normalized spacial score (nSPS) is 11.5. The van der Waals surface area contributed by atoms with Crippen molar-refractivity contribution in [1.29, 1.82) is 0 Å². The number of carbonyl (C=O) groups excluding carboxylic acids is 1. The Labute approximate surface area is 145 Å². The number of benzene rings is 1. The molecule has 0 bridgehead atoms. The summed E-state index contributed by atoms with van der Waals surface area (Å²) in [6.45, 7) is 1.93. The Bertz CT molecular complexity index is 869. The summed E-state index contributed by atoms with van der Waals surface area (Å²) in [6, 6.07) is 5.70. The van der Waals surface area contributed by atoms with Gasteiger partial charge in [-0.15, -0.1) is 0 Å². The van der Waals surface area contributed by atoms with Gasteiger partial charge in [0.1, 0.15) is 5.82 Å². The smallest absolute Gasteiger partial charge is 0.253 e. The number of aromatic nitrogens is 2. The second-order valence-corrected chi connectivity index (χ2v) is 7.77. The molecule has 1 heterocycles. The molecule has 0 fully saturated rings. The molecule has 24 heavy (non-hydrogen) atoms. The molecule has 0 saturated carbocycles. The van der Waals surface area contributed by atoms with Gasteiger partial charge in [0.05, 0.1) is 27.7 Å². The van der Waals surface area contributed by atoms with Crippen LogP contribution in [0.15, 0.2) is 35.4 Å². The summed E-state index contributed by atoms with van der Waals surface area (Å²) in [4.78, 5) is 20.5. The van der Waals surface area contributed by atoms with E-state index in [9.17, 15) is 13.2 Å². The van der Waals surface area contributed by atoms with E-state index < -0.39 is 15.9 Å². The first-order valence-electron chi connectivity index (χ1n) is 7.00. The average Bonchev–Trinajstić information content (AvgIpc) is 2.52. The van der Waals surface area contributed by atoms with E-state index in [0.717, 1.165) is 4.31 Å². The SMILES string of the molecule is Cc1nccc(CNC(=O)c2cc(S(=O)(=O)N(C)C)ccc2Cl)n1. The quantitative estimate of drug-likeness (QED) is 0.865. The summed E-state index contributed by atoms with van der Waals surface area (Å²) in [6.07, 6.45) is 1.60. The zero-order valence-corrected chi connectivity index (χ0v) is 15.0. The lowest BCUT2D eigenvalue weighted by molar-refractivity contribution is 0.0950. The number of amides is 1. The topological polar surface area (TPSA) is 92.3 Å². The predicted octanol–water partition coefficient (Wildman–Crippen LogP) is 1.62. The molecule has 0 aliphatic carbocycles. The van der Waals surface area contributed by atoms with Crippen LogP contribution >= 0.6 is 11.6 Å². The van der Waals surface area contributed by atoms with Crippen molar-refractivity contribution < 1.29 is 13.2 Å². The highest BCUT2D eigenvalue weighted by atomic mass is 35.5. The van der Waals surface area contributed by atoms with Crippen molar-refractivity contribution in [3.63, 3.8) is 0 Å². The molecule has 2 aromatic rings. The van der Waals surface area contributed by atoms with Gasteiger partial charge in [-0.3, -0.25) is 4.79 Å². The molecule has 0 atom stereocenters. The highest BCUT2D eigenvalue weighted by Crippen LogP contribution is 2.22. The Morgan fingerprint density at radius 1 is 1.29 bits per heavy atom. The Hall–Kier alpha value is -2.03. The van der Waals surface area contributed by atoms with E-state index in [1.165, 1.54) is 32.3 Å². The molecule has 0 unspecified atom stereocenters. The summed E-state index contributed by atoms with van der Waals surface area (Å²) in [5, 5.41) is 2.84. The van der Waals surface area contributed by atoms with Gasteiger partial charge in [0, 0.05) is 20.3 Å². The second-order valence-electron chi connectivity index (χ2n) is 5.21. The second kappa shape index (κ2) is 7.25. The number of aryl methyl sites for hydroxylation is 1. The molecule has 0 radical (unpaired) electrons. The van der Waals surface area contributed by atoms with Crippen LogP contribution in [-0.4, -0.2) is 42.7 Å². The third kappa shape index (κ3) is 4.08. The van der Waals surface area contributed by atoms with Gasteiger partial charge < -0.3 is 5.32 Å². The van der Waals surface area contributed by atoms with Crippen LogP contribution in [0, 0.1) is 6.92 Å². The maximum Gasteiger partial charge on any atom is 0.253 e. The number of carbonyl (C=O) groups is 1. The van der Waals surface area contributed by atoms with Crippen LogP contribution in [0.1, 0.15) is 21.9 Å². The van der Waals surface area contributed by atoms with Crippen molar-refractivity contribution in [2.45, 2.75) is 18.4 Å². The fourth-order valence-corrected chi connectivity index (χ4v) is 3.05. The molecular formula is C15H17ClN4O3S. The Morgan fingerprint density at radius 2 is 2.00 bits per heavy atom. The fraction of sp³-hybridized carbons (Fsp3) is 0.267. The highest BCUT2D eigenvalue weighted by Gasteiger charge is 2.20. The summed E-state index contributed by atoms with van der Waals surface area (Å²) in [5.74, 6) is 0.117. The van der Waals surface area contributed by atoms with Crippen molar-refractivity contribution in [2.24, 2.45) is 0 Å². The minimum absolute atomic E-state index is 0.0000643. The zero-order chi connectivity index (χ0) is 17.9. The van der Waals surface area contributed by atoms with Gasteiger partial charge in [-0.25, -0.2) is 22.7 Å². The van der Waals surface area contributed by atoms with Crippen LogP contribution < -0.4 is 5.32 Å². The standard InChI is InChI=1S/C15H17ClN4O3S/c1-10-17-7-6-11(19-10)9-18-15(21)13-8-12(4-5-14(13)16)24(22,23)20(2)3/h4-8H,9H2,1-3H3,(H,18,21). The molecule has 1 amide bonds. The van der Waals surface area contributed by atoms with Gasteiger partial charge in [0.25, 0.3) is 5.91 Å². The van der Waals surface area contributed by atoms with Gasteiger partial charge in [-0.2, -0.15) is 0 Å². The molecular weight excluding hydrogens is 352 g/mol. The van der Waals surface area contributed by atoms with E-state index in [1.54, 1.807) is 19.2 Å². The lowest BCUT2D eigenvalue weighted by Gasteiger charge is -2.13. The molecule has 1 N–H and O–H groups in total. The molecule has 0 saturated heterocycles. The van der Waals surface area contributed by atoms with Crippen LogP contribution in [0.3, 0.4) is 0 Å². The number of hydrogen-bond acceptors (Lipinski definition) is 5. The molecule has 9 heteroatoms. The molecule has 2 rings (SSSR count). The number of hydrogen-bond donors (Lipinski definition) is 1. The lowest BCUT2D eigenvalue weighted by Crippen LogP contribution is -2.25. The zero-order valence-electron chi connectivity index (χ0n) is 13.4. The lowest BCUT2D eigenvalue weighted by atomic mass is 10.2. The molecule has 128 valence electrons. The largest absolute Gasteiger partial charge is 0.346 e. The van der Waals surface area contributed by atoms with Gasteiger partial charge in [0.2, 0.25) is 10.0 Å². The molecule has 7 nitrogen and oxygen atoms in total. The van der Waals surface area contributed by atoms with Crippen molar-refractivity contribution in [3.8, 4) is 0 Å². The first-order valence-corrected chi connectivity index (χ1v) is 8.82. The predicted molar refractivity (Wildman–Crippen MR) is 90.3 cm³/mol. The van der Waals surface area contributed by atoms with Crippen LogP contribution in [0.25, 0.3) is 0 Å². The van der Waals surface area contributed by atoms with Crippen LogP contribution in [0.5, 0.6) is 0 Å². The fourth-order valence-electron chi connectivity index (χ4n) is 1.92. The van der Waals surface area contributed by atoms with Gasteiger partial charge in [-0.05, 0) is 31.2 Å². The van der Waals surface area contributed by atoms with E-state index in [1.807, 2.05) is 0 Å². The highest BCUT2D eigenvalue weighted by molar-refractivity contribution is 7.89. The van der Waals surface area contributed by atoms with E-state index in [0.29, 0.717) is 11.5 Å². The third-order valence-electron chi connectivity index (χ3n) is 3.22. The van der Waals surface area contributed by atoms with Crippen molar-refractivity contribution in [2.75, 3.05) is 14.1 Å².